The predicted octanol–water partition coefficient (Wildman–Crippen LogP) is 4.74. The van der Waals surface area contributed by atoms with Gasteiger partial charge in [-0.15, -0.1) is 0 Å². The van der Waals surface area contributed by atoms with Crippen LogP contribution in [0, 0.1) is 0 Å². The molecule has 3 nitrogen and oxygen atoms in total. The molecule has 0 saturated carbocycles. The molecular formula is C12H10Cl3N3. The average molecular weight is 303 g/mol. The highest BCUT2D eigenvalue weighted by Gasteiger charge is 2.05. The van der Waals surface area contributed by atoms with Crippen LogP contribution in [-0.4, -0.2) is 9.97 Å². The molecule has 1 heterocycles. The lowest BCUT2D eigenvalue weighted by atomic mass is 10.3. The van der Waals surface area contributed by atoms with Gasteiger partial charge in [-0.05, 0) is 18.2 Å². The molecule has 0 unspecified atom stereocenters. The summed E-state index contributed by atoms with van der Waals surface area (Å²) in [7, 11) is 0. The Bertz CT molecular complexity index is 572. The van der Waals surface area contributed by atoms with Crippen molar-refractivity contribution in [2.24, 2.45) is 0 Å². The number of halogens is 3. The molecule has 2 aromatic rings. The van der Waals surface area contributed by atoms with Crippen molar-refractivity contribution in [3.8, 4) is 0 Å². The van der Waals surface area contributed by atoms with Crippen LogP contribution >= 0.6 is 34.8 Å². The molecule has 1 N–H and O–H groups in total. The summed E-state index contributed by atoms with van der Waals surface area (Å²) in [5, 5.41) is 4.59. The molecule has 0 amide bonds. The van der Waals surface area contributed by atoms with Gasteiger partial charge in [-0.2, -0.15) is 0 Å². The first-order valence-electron chi connectivity index (χ1n) is 5.34. The van der Waals surface area contributed by atoms with Gasteiger partial charge < -0.3 is 5.32 Å². The molecule has 0 spiro atoms. The highest BCUT2D eigenvalue weighted by molar-refractivity contribution is 6.36. The molecule has 18 heavy (non-hydrogen) atoms. The maximum Gasteiger partial charge on any atom is 0.135 e. The summed E-state index contributed by atoms with van der Waals surface area (Å²) >= 11 is 17.8. The van der Waals surface area contributed by atoms with E-state index in [0.29, 0.717) is 33.3 Å². The Kier molecular flexibility index (Phi) is 4.27. The van der Waals surface area contributed by atoms with Crippen LogP contribution in [0.15, 0.2) is 24.3 Å². The van der Waals surface area contributed by atoms with Crippen molar-refractivity contribution in [2.45, 2.75) is 13.3 Å². The van der Waals surface area contributed by atoms with Crippen molar-refractivity contribution in [1.82, 2.24) is 9.97 Å². The van der Waals surface area contributed by atoms with Gasteiger partial charge in [0.2, 0.25) is 0 Å². The van der Waals surface area contributed by atoms with Gasteiger partial charge in [0.1, 0.15) is 16.8 Å². The number of aromatic nitrogens is 2. The summed E-state index contributed by atoms with van der Waals surface area (Å²) < 4.78 is 0. The van der Waals surface area contributed by atoms with Gasteiger partial charge >= 0.3 is 0 Å². The third-order valence-electron chi connectivity index (χ3n) is 2.25. The summed E-state index contributed by atoms with van der Waals surface area (Å²) in [4.78, 5) is 8.40. The van der Waals surface area contributed by atoms with E-state index in [2.05, 4.69) is 15.3 Å². The lowest BCUT2D eigenvalue weighted by Gasteiger charge is -2.09. The second-order valence-corrected chi connectivity index (χ2v) is 4.83. The van der Waals surface area contributed by atoms with Gasteiger partial charge in [-0.3, -0.25) is 0 Å². The van der Waals surface area contributed by atoms with Gasteiger partial charge in [0.05, 0.1) is 10.7 Å². The number of nitrogens with one attached hydrogen (secondary N) is 1. The Balaban J connectivity index is 2.30. The first-order chi connectivity index (χ1) is 8.58. The Morgan fingerprint density at radius 1 is 1.11 bits per heavy atom. The fourth-order valence-electron chi connectivity index (χ4n) is 1.42. The van der Waals surface area contributed by atoms with Gasteiger partial charge in [0, 0.05) is 17.5 Å². The first-order valence-corrected chi connectivity index (χ1v) is 6.47. The third kappa shape index (κ3) is 3.25. The van der Waals surface area contributed by atoms with Gasteiger partial charge in [0.25, 0.3) is 0 Å². The Morgan fingerprint density at radius 2 is 1.89 bits per heavy atom. The monoisotopic (exact) mass is 301 g/mol. The molecule has 94 valence electrons. The maximum atomic E-state index is 6.07. The van der Waals surface area contributed by atoms with Crippen LogP contribution in [0.25, 0.3) is 0 Å². The summed E-state index contributed by atoms with van der Waals surface area (Å²) in [5.41, 5.74) is 0.720. The molecule has 0 aliphatic rings. The molecule has 1 aromatic heterocycles. The van der Waals surface area contributed by atoms with E-state index in [1.54, 1.807) is 24.3 Å². The van der Waals surface area contributed by atoms with E-state index in [1.165, 1.54) is 0 Å². The first kappa shape index (κ1) is 13.4. The summed E-state index contributed by atoms with van der Waals surface area (Å²) in [5.74, 6) is 1.28. The number of benzene rings is 1. The van der Waals surface area contributed by atoms with Crippen LogP contribution in [0.2, 0.25) is 15.2 Å². The van der Waals surface area contributed by atoms with Crippen molar-refractivity contribution in [3.05, 3.63) is 45.3 Å². The van der Waals surface area contributed by atoms with E-state index in [0.717, 1.165) is 5.69 Å². The highest BCUT2D eigenvalue weighted by atomic mass is 35.5. The van der Waals surface area contributed by atoms with E-state index in [-0.39, 0.29) is 0 Å². The maximum absolute atomic E-state index is 6.07. The minimum atomic E-state index is 0.398. The van der Waals surface area contributed by atoms with Crippen LogP contribution in [0.1, 0.15) is 12.7 Å². The molecule has 1 aromatic carbocycles. The zero-order valence-electron chi connectivity index (χ0n) is 9.54. The van der Waals surface area contributed by atoms with Crippen LogP contribution in [0.5, 0.6) is 0 Å². The summed E-state index contributed by atoms with van der Waals surface area (Å²) in [6.45, 7) is 1.96. The van der Waals surface area contributed by atoms with E-state index < -0.39 is 0 Å². The molecule has 0 saturated heterocycles. The normalized spacial score (nSPS) is 10.4. The van der Waals surface area contributed by atoms with E-state index in [4.69, 9.17) is 34.8 Å². The number of hydrogen-bond donors (Lipinski definition) is 1. The van der Waals surface area contributed by atoms with Crippen molar-refractivity contribution >= 4 is 46.3 Å². The average Bonchev–Trinajstić information content (AvgIpc) is 2.32. The Hall–Kier alpha value is -1.03. The molecule has 2 rings (SSSR count). The standard InChI is InChI=1S/C12H10Cl3N3/c1-2-11-17-10(15)6-12(18-11)16-9-4-3-7(13)5-8(9)14/h3-6H,2H2,1H3,(H,16,17,18). The minimum absolute atomic E-state index is 0.398. The van der Waals surface area contributed by atoms with Crippen LogP contribution in [-0.2, 0) is 6.42 Å². The van der Waals surface area contributed by atoms with Gasteiger partial charge in [-0.1, -0.05) is 41.7 Å². The quantitative estimate of drug-likeness (QED) is 0.832. The SMILES string of the molecule is CCc1nc(Cl)cc(Nc2ccc(Cl)cc2Cl)n1. The number of nitrogens with zero attached hydrogens (tertiary/aromatic N) is 2. The minimum Gasteiger partial charge on any atom is -0.339 e. The van der Waals surface area contributed by atoms with Gasteiger partial charge in [0.15, 0.2) is 0 Å². The third-order valence-corrected chi connectivity index (χ3v) is 2.99. The van der Waals surface area contributed by atoms with E-state index in [1.807, 2.05) is 6.92 Å². The number of aryl methyl sites for hydroxylation is 1. The van der Waals surface area contributed by atoms with Crippen molar-refractivity contribution in [1.29, 1.82) is 0 Å². The number of anilines is 2. The fourth-order valence-corrected chi connectivity index (χ4v) is 2.07. The summed E-state index contributed by atoms with van der Waals surface area (Å²) in [6.07, 6.45) is 0.712. The zero-order valence-corrected chi connectivity index (χ0v) is 11.8. The molecule has 0 aliphatic heterocycles. The van der Waals surface area contributed by atoms with E-state index >= 15 is 0 Å². The molecule has 0 aliphatic carbocycles. The topological polar surface area (TPSA) is 37.8 Å². The molecule has 0 bridgehead atoms. The largest absolute Gasteiger partial charge is 0.339 e. The molecule has 0 atom stereocenters. The Morgan fingerprint density at radius 3 is 2.56 bits per heavy atom. The van der Waals surface area contributed by atoms with Crippen LogP contribution < -0.4 is 5.32 Å². The lowest BCUT2D eigenvalue weighted by molar-refractivity contribution is 0.943. The highest BCUT2D eigenvalue weighted by Crippen LogP contribution is 2.28. The fraction of sp³-hybridized carbons (Fsp3) is 0.167. The molecule has 6 heteroatoms. The number of rotatable bonds is 3. The molecule has 0 radical (unpaired) electrons. The van der Waals surface area contributed by atoms with Crippen LogP contribution in [0.4, 0.5) is 11.5 Å². The second-order valence-electron chi connectivity index (χ2n) is 3.59. The van der Waals surface area contributed by atoms with E-state index in [9.17, 15) is 0 Å². The van der Waals surface area contributed by atoms with Crippen LogP contribution in [0.3, 0.4) is 0 Å². The zero-order chi connectivity index (χ0) is 13.1. The van der Waals surface area contributed by atoms with Gasteiger partial charge in [-0.25, -0.2) is 9.97 Å². The van der Waals surface area contributed by atoms with Crippen molar-refractivity contribution in [3.63, 3.8) is 0 Å². The van der Waals surface area contributed by atoms with Crippen molar-refractivity contribution in [2.75, 3.05) is 5.32 Å². The molecule has 0 fully saturated rings. The van der Waals surface area contributed by atoms with Crippen molar-refractivity contribution < 1.29 is 0 Å². The predicted molar refractivity (Wildman–Crippen MR) is 76.2 cm³/mol. The summed E-state index contributed by atoms with van der Waals surface area (Å²) in [6, 6.07) is 6.84. The Labute approximate surface area is 120 Å². The number of hydrogen-bond acceptors (Lipinski definition) is 3. The molecular weight excluding hydrogens is 293 g/mol. The second kappa shape index (κ2) is 5.74. The lowest BCUT2D eigenvalue weighted by Crippen LogP contribution is -1.99. The smallest absolute Gasteiger partial charge is 0.135 e.